The van der Waals surface area contributed by atoms with Gasteiger partial charge in [0.1, 0.15) is 10.8 Å². The lowest BCUT2D eigenvalue weighted by atomic mass is 10.2. The summed E-state index contributed by atoms with van der Waals surface area (Å²) < 4.78 is 5.58. The van der Waals surface area contributed by atoms with Crippen molar-refractivity contribution in [1.82, 2.24) is 0 Å². The number of carbonyl (C=O) groups excluding carboxylic acids is 2. The molecule has 0 saturated heterocycles. The average molecular weight is 353 g/mol. The van der Waals surface area contributed by atoms with E-state index < -0.39 is 5.91 Å². The summed E-state index contributed by atoms with van der Waals surface area (Å²) in [5.74, 6) is -0.00425. The van der Waals surface area contributed by atoms with Crippen molar-refractivity contribution in [3.63, 3.8) is 0 Å². The topological polar surface area (TPSA) is 81.4 Å². The van der Waals surface area contributed by atoms with Crippen LogP contribution in [0.4, 0.5) is 5.00 Å². The molecule has 0 atom stereocenters. The molecular weight excluding hydrogens is 336 g/mol. The average Bonchev–Trinajstić information content (AvgIpc) is 2.95. The van der Waals surface area contributed by atoms with Gasteiger partial charge in [0.05, 0.1) is 12.2 Å². The number of hydrogen-bond acceptors (Lipinski definition) is 4. The minimum absolute atomic E-state index is 0.175. The van der Waals surface area contributed by atoms with E-state index in [1.54, 1.807) is 23.6 Å². The molecule has 122 valence electrons. The van der Waals surface area contributed by atoms with Crippen molar-refractivity contribution in [3.8, 4) is 5.75 Å². The van der Waals surface area contributed by atoms with Crippen LogP contribution in [-0.2, 0) is 4.79 Å². The Balaban J connectivity index is 1.75. The van der Waals surface area contributed by atoms with E-state index in [9.17, 15) is 9.59 Å². The Morgan fingerprint density at radius 1 is 1.35 bits per heavy atom. The number of amides is 2. The Morgan fingerprint density at radius 3 is 2.83 bits per heavy atom. The van der Waals surface area contributed by atoms with E-state index in [0.717, 1.165) is 11.3 Å². The third kappa shape index (κ3) is 4.97. The van der Waals surface area contributed by atoms with E-state index in [1.165, 1.54) is 11.3 Å². The molecule has 2 rings (SSSR count). The first-order valence-corrected chi connectivity index (χ1v) is 8.29. The lowest BCUT2D eigenvalue weighted by Gasteiger charge is -2.08. The third-order valence-electron chi connectivity index (χ3n) is 3.13. The number of nitrogens with two attached hydrogens (primary N) is 1. The van der Waals surface area contributed by atoms with Crippen LogP contribution in [0.25, 0.3) is 0 Å². The molecule has 0 saturated carbocycles. The molecule has 0 radical (unpaired) electrons. The Hall–Kier alpha value is -2.05. The van der Waals surface area contributed by atoms with Crippen LogP contribution in [0.5, 0.6) is 5.75 Å². The van der Waals surface area contributed by atoms with Crippen LogP contribution in [0.2, 0.25) is 5.02 Å². The molecular formula is C16H17ClN2O3S. The highest BCUT2D eigenvalue weighted by atomic mass is 35.5. The van der Waals surface area contributed by atoms with Crippen LogP contribution >= 0.6 is 22.9 Å². The van der Waals surface area contributed by atoms with Gasteiger partial charge in [-0.05, 0) is 48.6 Å². The number of carbonyl (C=O) groups is 2. The van der Waals surface area contributed by atoms with E-state index in [-0.39, 0.29) is 5.91 Å². The number of anilines is 1. The fourth-order valence-electron chi connectivity index (χ4n) is 1.92. The normalized spacial score (nSPS) is 10.3. The summed E-state index contributed by atoms with van der Waals surface area (Å²) in [5.41, 5.74) is 6.50. The predicted octanol–water partition coefficient (Wildman–Crippen LogP) is 3.61. The summed E-state index contributed by atoms with van der Waals surface area (Å²) >= 11 is 7.21. The second-order valence-electron chi connectivity index (χ2n) is 4.94. The van der Waals surface area contributed by atoms with Crippen LogP contribution in [0.1, 0.15) is 28.8 Å². The summed E-state index contributed by atoms with van der Waals surface area (Å²) in [7, 11) is 0. The van der Waals surface area contributed by atoms with Gasteiger partial charge in [0.2, 0.25) is 5.91 Å². The number of hydrogen-bond donors (Lipinski definition) is 2. The number of halogens is 1. The van der Waals surface area contributed by atoms with E-state index in [0.29, 0.717) is 35.0 Å². The number of benzene rings is 1. The van der Waals surface area contributed by atoms with Gasteiger partial charge in [-0.3, -0.25) is 9.59 Å². The first kappa shape index (κ1) is 17.3. The summed E-state index contributed by atoms with van der Waals surface area (Å²) in [4.78, 5) is 23.0. The third-order valence-corrected chi connectivity index (χ3v) is 4.38. The summed E-state index contributed by atoms with van der Waals surface area (Å²) in [5, 5.41) is 5.58. The van der Waals surface area contributed by atoms with Crippen molar-refractivity contribution in [1.29, 1.82) is 0 Å². The fourth-order valence-corrected chi connectivity index (χ4v) is 2.85. The number of nitrogens with one attached hydrogen (secondary N) is 1. The molecule has 1 aromatic carbocycles. The summed E-state index contributed by atoms with van der Waals surface area (Å²) in [6, 6.07) is 7.02. The SMILES string of the molecule is Cc1cc(OCCCC(=O)Nc2sccc2C(N)=O)ccc1Cl. The number of thiophene rings is 1. The van der Waals surface area contributed by atoms with Crippen molar-refractivity contribution in [2.45, 2.75) is 19.8 Å². The van der Waals surface area contributed by atoms with E-state index in [1.807, 2.05) is 13.0 Å². The molecule has 2 aromatic rings. The molecule has 0 fully saturated rings. The van der Waals surface area contributed by atoms with Crippen LogP contribution in [0.3, 0.4) is 0 Å². The maximum absolute atomic E-state index is 11.9. The molecule has 1 aromatic heterocycles. The molecule has 1 heterocycles. The van der Waals surface area contributed by atoms with Gasteiger partial charge in [0, 0.05) is 11.4 Å². The molecule has 0 unspecified atom stereocenters. The van der Waals surface area contributed by atoms with Gasteiger partial charge in [-0.2, -0.15) is 0 Å². The zero-order chi connectivity index (χ0) is 16.8. The number of rotatable bonds is 7. The Bertz CT molecular complexity index is 715. The number of aryl methyl sites for hydroxylation is 1. The maximum Gasteiger partial charge on any atom is 0.251 e. The zero-order valence-electron chi connectivity index (χ0n) is 12.6. The van der Waals surface area contributed by atoms with Gasteiger partial charge in [0.25, 0.3) is 5.91 Å². The molecule has 0 bridgehead atoms. The Labute approximate surface area is 143 Å². The van der Waals surface area contributed by atoms with Crippen LogP contribution in [-0.4, -0.2) is 18.4 Å². The monoisotopic (exact) mass is 352 g/mol. The van der Waals surface area contributed by atoms with Gasteiger partial charge < -0.3 is 15.8 Å². The number of primary amides is 1. The van der Waals surface area contributed by atoms with Gasteiger partial charge >= 0.3 is 0 Å². The van der Waals surface area contributed by atoms with Gasteiger partial charge in [-0.1, -0.05) is 11.6 Å². The predicted molar refractivity (Wildman–Crippen MR) is 92.4 cm³/mol. The van der Waals surface area contributed by atoms with Crippen molar-refractivity contribution in [2.75, 3.05) is 11.9 Å². The second kappa shape index (κ2) is 7.99. The van der Waals surface area contributed by atoms with Crippen molar-refractivity contribution >= 4 is 39.8 Å². The maximum atomic E-state index is 11.9. The van der Waals surface area contributed by atoms with Gasteiger partial charge in [0.15, 0.2) is 0 Å². The minimum atomic E-state index is -0.553. The van der Waals surface area contributed by atoms with Crippen LogP contribution in [0, 0.1) is 6.92 Å². The second-order valence-corrected chi connectivity index (χ2v) is 6.26. The van der Waals surface area contributed by atoms with Crippen LogP contribution < -0.4 is 15.8 Å². The molecule has 0 spiro atoms. The van der Waals surface area contributed by atoms with E-state index in [2.05, 4.69) is 5.32 Å². The van der Waals surface area contributed by atoms with E-state index in [4.69, 9.17) is 22.1 Å². The molecule has 5 nitrogen and oxygen atoms in total. The molecule has 0 aliphatic rings. The van der Waals surface area contributed by atoms with E-state index >= 15 is 0 Å². The highest BCUT2D eigenvalue weighted by Gasteiger charge is 2.12. The standard InChI is InChI=1S/C16H17ClN2O3S/c1-10-9-11(4-5-13(10)17)22-7-2-3-14(20)19-16-12(15(18)21)6-8-23-16/h4-6,8-9H,2-3,7H2,1H3,(H2,18,21)(H,19,20). The summed E-state index contributed by atoms with van der Waals surface area (Å²) in [6.45, 7) is 2.32. The summed E-state index contributed by atoms with van der Waals surface area (Å²) in [6.07, 6.45) is 0.855. The molecule has 7 heteroatoms. The lowest BCUT2D eigenvalue weighted by Crippen LogP contribution is -2.16. The highest BCUT2D eigenvalue weighted by molar-refractivity contribution is 7.14. The minimum Gasteiger partial charge on any atom is -0.494 e. The van der Waals surface area contributed by atoms with Gasteiger partial charge in [-0.25, -0.2) is 0 Å². The highest BCUT2D eigenvalue weighted by Crippen LogP contribution is 2.23. The first-order chi connectivity index (χ1) is 11.0. The smallest absolute Gasteiger partial charge is 0.251 e. The quantitative estimate of drug-likeness (QED) is 0.747. The van der Waals surface area contributed by atoms with Crippen molar-refractivity contribution < 1.29 is 14.3 Å². The first-order valence-electron chi connectivity index (χ1n) is 7.03. The van der Waals surface area contributed by atoms with Crippen molar-refractivity contribution in [2.24, 2.45) is 5.73 Å². The van der Waals surface area contributed by atoms with Gasteiger partial charge in [-0.15, -0.1) is 11.3 Å². The Morgan fingerprint density at radius 2 is 2.13 bits per heavy atom. The van der Waals surface area contributed by atoms with Crippen LogP contribution in [0.15, 0.2) is 29.6 Å². The Kier molecular flexibility index (Phi) is 6.01. The molecule has 0 aliphatic carbocycles. The molecule has 23 heavy (non-hydrogen) atoms. The molecule has 2 amide bonds. The molecule has 3 N–H and O–H groups in total. The molecule has 0 aliphatic heterocycles. The fraction of sp³-hybridized carbons (Fsp3) is 0.250. The lowest BCUT2D eigenvalue weighted by molar-refractivity contribution is -0.116. The largest absolute Gasteiger partial charge is 0.494 e. The van der Waals surface area contributed by atoms with Crippen molar-refractivity contribution in [3.05, 3.63) is 45.8 Å². The zero-order valence-corrected chi connectivity index (χ0v) is 14.2. The number of ether oxygens (including phenoxy) is 1.